The Hall–Kier alpha value is -1.09. The first-order valence-corrected chi connectivity index (χ1v) is 4.88. The van der Waals surface area contributed by atoms with Gasteiger partial charge in [0.15, 0.2) is 11.5 Å². The minimum Gasteiger partial charge on any atom is -0.211 e. The molecule has 0 atom stereocenters. The van der Waals surface area contributed by atoms with Gasteiger partial charge in [0.05, 0.1) is 0 Å². The van der Waals surface area contributed by atoms with Gasteiger partial charge in [-0.3, -0.25) is 0 Å². The number of aromatic nitrogens is 3. The summed E-state index contributed by atoms with van der Waals surface area (Å²) in [6.45, 7) is 6.24. The van der Waals surface area contributed by atoms with Crippen LogP contribution in [0.4, 0.5) is 0 Å². The maximum Gasteiger partial charge on any atom is 0.157 e. The second kappa shape index (κ2) is 2.95. The molecule has 0 fully saturated rings. The van der Waals surface area contributed by atoms with E-state index in [0.29, 0.717) is 5.15 Å². The van der Waals surface area contributed by atoms with Crippen molar-refractivity contribution in [3.63, 3.8) is 0 Å². The molecule has 2 aromatic rings. The molecule has 0 aliphatic carbocycles. The fraction of sp³-hybridized carbons (Fsp3) is 0.400. The Kier molecular flexibility index (Phi) is 2.00. The van der Waals surface area contributed by atoms with E-state index >= 15 is 0 Å². The molecule has 0 aromatic carbocycles. The van der Waals surface area contributed by atoms with Gasteiger partial charge < -0.3 is 0 Å². The summed E-state index contributed by atoms with van der Waals surface area (Å²) in [7, 11) is 0. The quantitative estimate of drug-likeness (QED) is 0.625. The summed E-state index contributed by atoms with van der Waals surface area (Å²) in [4.78, 5) is 4.41. The normalized spacial score (nSPS) is 12.3. The van der Waals surface area contributed by atoms with Crippen LogP contribution >= 0.6 is 11.6 Å². The first kappa shape index (κ1) is 9.46. The first-order valence-electron chi connectivity index (χ1n) is 4.50. The van der Waals surface area contributed by atoms with Crippen LogP contribution in [-0.2, 0) is 5.41 Å². The van der Waals surface area contributed by atoms with Crippen molar-refractivity contribution in [3.05, 3.63) is 29.2 Å². The SMILES string of the molecule is CC(C)(C)c1nc2cccc(Cl)n2n1. The van der Waals surface area contributed by atoms with Crippen LogP contribution in [0.25, 0.3) is 5.65 Å². The number of fused-ring (bicyclic) bond motifs is 1. The summed E-state index contributed by atoms with van der Waals surface area (Å²) in [5.74, 6) is 0.811. The van der Waals surface area contributed by atoms with Crippen molar-refractivity contribution in [2.24, 2.45) is 0 Å². The van der Waals surface area contributed by atoms with Crippen LogP contribution in [0.1, 0.15) is 26.6 Å². The highest BCUT2D eigenvalue weighted by atomic mass is 35.5. The number of rotatable bonds is 0. The second-order valence-corrected chi connectivity index (χ2v) is 4.69. The Bertz CT molecular complexity index is 468. The van der Waals surface area contributed by atoms with Crippen LogP contribution in [0.15, 0.2) is 18.2 Å². The van der Waals surface area contributed by atoms with Crippen LogP contribution in [0.3, 0.4) is 0 Å². The maximum atomic E-state index is 5.98. The summed E-state index contributed by atoms with van der Waals surface area (Å²) >= 11 is 5.98. The standard InChI is InChI=1S/C10H12ClN3/c1-10(2,3)9-12-8-6-4-5-7(11)14(8)13-9/h4-6H,1-3H3. The van der Waals surface area contributed by atoms with Gasteiger partial charge in [-0.05, 0) is 12.1 Å². The molecule has 0 saturated carbocycles. The van der Waals surface area contributed by atoms with Crippen LogP contribution in [0, 0.1) is 0 Å². The summed E-state index contributed by atoms with van der Waals surface area (Å²) in [5, 5.41) is 4.95. The lowest BCUT2D eigenvalue weighted by atomic mass is 9.96. The third-order valence-corrected chi connectivity index (χ3v) is 2.27. The highest BCUT2D eigenvalue weighted by Gasteiger charge is 2.19. The van der Waals surface area contributed by atoms with Crippen molar-refractivity contribution < 1.29 is 0 Å². The zero-order chi connectivity index (χ0) is 10.3. The molecule has 0 amide bonds. The van der Waals surface area contributed by atoms with Gasteiger partial charge in [-0.2, -0.15) is 0 Å². The Balaban J connectivity index is 2.69. The van der Waals surface area contributed by atoms with Crippen molar-refractivity contribution in [1.29, 1.82) is 0 Å². The van der Waals surface area contributed by atoms with Crippen molar-refractivity contribution in [3.8, 4) is 0 Å². The van der Waals surface area contributed by atoms with E-state index in [1.165, 1.54) is 0 Å². The Labute approximate surface area is 87.7 Å². The van der Waals surface area contributed by atoms with Gasteiger partial charge in [0.25, 0.3) is 0 Å². The smallest absolute Gasteiger partial charge is 0.157 e. The lowest BCUT2D eigenvalue weighted by Crippen LogP contribution is -2.13. The second-order valence-electron chi connectivity index (χ2n) is 4.30. The lowest BCUT2D eigenvalue weighted by molar-refractivity contribution is 0.545. The van der Waals surface area contributed by atoms with Crippen molar-refractivity contribution in [2.45, 2.75) is 26.2 Å². The minimum absolute atomic E-state index is 0.0463. The van der Waals surface area contributed by atoms with E-state index in [0.717, 1.165) is 11.5 Å². The summed E-state index contributed by atoms with van der Waals surface area (Å²) in [6.07, 6.45) is 0. The molecule has 2 aromatic heterocycles. The van der Waals surface area contributed by atoms with Crippen molar-refractivity contribution >= 4 is 17.2 Å². The molecular formula is C10H12ClN3. The molecular weight excluding hydrogens is 198 g/mol. The molecule has 4 heteroatoms. The molecule has 0 saturated heterocycles. The van der Waals surface area contributed by atoms with Crippen molar-refractivity contribution in [2.75, 3.05) is 0 Å². The minimum atomic E-state index is -0.0463. The van der Waals surface area contributed by atoms with E-state index in [1.54, 1.807) is 10.6 Å². The fourth-order valence-corrected chi connectivity index (χ4v) is 1.39. The average Bonchev–Trinajstić information content (AvgIpc) is 2.48. The predicted octanol–water partition coefficient (Wildman–Crippen LogP) is 2.68. The molecule has 0 N–H and O–H groups in total. The maximum absolute atomic E-state index is 5.98. The lowest BCUT2D eigenvalue weighted by Gasteiger charge is -2.11. The summed E-state index contributed by atoms with van der Waals surface area (Å²) < 4.78 is 1.65. The van der Waals surface area contributed by atoms with Gasteiger partial charge in [0, 0.05) is 5.41 Å². The number of hydrogen-bond donors (Lipinski definition) is 0. The van der Waals surface area contributed by atoms with Gasteiger partial charge in [0.2, 0.25) is 0 Å². The third-order valence-electron chi connectivity index (χ3n) is 1.98. The zero-order valence-corrected chi connectivity index (χ0v) is 9.21. The van der Waals surface area contributed by atoms with E-state index in [1.807, 2.05) is 12.1 Å². The molecule has 0 aliphatic heterocycles. The molecule has 0 bridgehead atoms. The highest BCUT2D eigenvalue weighted by molar-refractivity contribution is 6.29. The van der Waals surface area contributed by atoms with Gasteiger partial charge in [-0.25, -0.2) is 9.50 Å². The Morgan fingerprint density at radius 1 is 1.29 bits per heavy atom. The van der Waals surface area contributed by atoms with E-state index in [-0.39, 0.29) is 5.41 Å². The molecule has 0 spiro atoms. The van der Waals surface area contributed by atoms with Gasteiger partial charge in [-0.15, -0.1) is 5.10 Å². The largest absolute Gasteiger partial charge is 0.211 e. The van der Waals surface area contributed by atoms with E-state index in [9.17, 15) is 0 Å². The molecule has 2 rings (SSSR count). The molecule has 0 unspecified atom stereocenters. The zero-order valence-electron chi connectivity index (χ0n) is 8.45. The van der Waals surface area contributed by atoms with E-state index in [4.69, 9.17) is 11.6 Å². The Morgan fingerprint density at radius 3 is 2.57 bits per heavy atom. The predicted molar refractivity (Wildman–Crippen MR) is 56.7 cm³/mol. The van der Waals surface area contributed by atoms with E-state index in [2.05, 4.69) is 30.9 Å². The molecule has 2 heterocycles. The molecule has 74 valence electrons. The van der Waals surface area contributed by atoms with Crippen LogP contribution < -0.4 is 0 Å². The summed E-state index contributed by atoms with van der Waals surface area (Å²) in [6, 6.07) is 5.57. The fourth-order valence-electron chi connectivity index (χ4n) is 1.19. The van der Waals surface area contributed by atoms with Crippen molar-refractivity contribution in [1.82, 2.24) is 14.6 Å². The number of pyridine rings is 1. The summed E-state index contributed by atoms with van der Waals surface area (Å²) in [5.41, 5.74) is 0.748. The van der Waals surface area contributed by atoms with Gasteiger partial charge in [-0.1, -0.05) is 38.4 Å². The van der Waals surface area contributed by atoms with Crippen LogP contribution in [0.2, 0.25) is 5.15 Å². The number of halogens is 1. The van der Waals surface area contributed by atoms with Crippen LogP contribution in [-0.4, -0.2) is 14.6 Å². The molecule has 3 nitrogen and oxygen atoms in total. The third kappa shape index (κ3) is 1.48. The Morgan fingerprint density at radius 2 is 2.00 bits per heavy atom. The monoisotopic (exact) mass is 209 g/mol. The highest BCUT2D eigenvalue weighted by Crippen LogP contribution is 2.20. The van der Waals surface area contributed by atoms with Gasteiger partial charge in [0.1, 0.15) is 5.15 Å². The molecule has 0 aliphatic rings. The average molecular weight is 210 g/mol. The number of hydrogen-bond acceptors (Lipinski definition) is 2. The van der Waals surface area contributed by atoms with Gasteiger partial charge >= 0.3 is 0 Å². The first-order chi connectivity index (χ1) is 6.48. The van der Waals surface area contributed by atoms with E-state index < -0.39 is 0 Å². The molecule has 0 radical (unpaired) electrons. The topological polar surface area (TPSA) is 30.2 Å². The molecule has 14 heavy (non-hydrogen) atoms. The van der Waals surface area contributed by atoms with Crippen LogP contribution in [0.5, 0.6) is 0 Å². The number of nitrogens with zero attached hydrogens (tertiary/aromatic N) is 3.